The first kappa shape index (κ1) is 18.9. The number of imidazole rings is 1. The van der Waals surface area contributed by atoms with E-state index in [2.05, 4.69) is 21.2 Å². The van der Waals surface area contributed by atoms with Crippen molar-refractivity contribution in [3.05, 3.63) is 51.2 Å². The standard InChI is InChI=1S/C17H18BrN3O4/c1-9-5-6-13(10(2)7-9)19-16(24)15-14(8-18)20(11(3)22)17(25)21(15)12(4)23/h5-7H,8H2,1-4H3,(H,19,24). The van der Waals surface area contributed by atoms with Gasteiger partial charge in [0.15, 0.2) is 0 Å². The van der Waals surface area contributed by atoms with Crippen molar-refractivity contribution in [1.29, 1.82) is 0 Å². The molecule has 1 heterocycles. The van der Waals surface area contributed by atoms with Crippen LogP contribution in [0.25, 0.3) is 0 Å². The van der Waals surface area contributed by atoms with Crippen LogP contribution in [0.3, 0.4) is 0 Å². The maximum atomic E-state index is 12.8. The molecule has 132 valence electrons. The number of amides is 1. The summed E-state index contributed by atoms with van der Waals surface area (Å²) in [5, 5.41) is 2.77. The smallest absolute Gasteiger partial charge is 0.320 e. The van der Waals surface area contributed by atoms with Gasteiger partial charge in [0.25, 0.3) is 5.91 Å². The monoisotopic (exact) mass is 407 g/mol. The maximum Gasteiger partial charge on any atom is 0.342 e. The van der Waals surface area contributed by atoms with Gasteiger partial charge >= 0.3 is 5.69 Å². The summed E-state index contributed by atoms with van der Waals surface area (Å²) >= 11 is 3.19. The molecule has 0 spiro atoms. The number of anilines is 1. The minimum Gasteiger partial charge on any atom is -0.320 e. The second kappa shape index (κ2) is 7.18. The first-order valence-electron chi connectivity index (χ1n) is 7.52. The van der Waals surface area contributed by atoms with Gasteiger partial charge in [0.1, 0.15) is 5.69 Å². The van der Waals surface area contributed by atoms with Gasteiger partial charge in [0.2, 0.25) is 11.8 Å². The fourth-order valence-corrected chi connectivity index (χ4v) is 3.17. The van der Waals surface area contributed by atoms with Crippen LogP contribution in [0.5, 0.6) is 0 Å². The first-order valence-corrected chi connectivity index (χ1v) is 8.64. The number of benzene rings is 1. The van der Waals surface area contributed by atoms with E-state index in [1.165, 1.54) is 6.92 Å². The number of nitrogens with zero attached hydrogens (tertiary/aromatic N) is 2. The van der Waals surface area contributed by atoms with Crippen LogP contribution in [0.4, 0.5) is 5.69 Å². The van der Waals surface area contributed by atoms with Crippen molar-refractivity contribution < 1.29 is 14.4 Å². The molecule has 0 atom stereocenters. The Bertz CT molecular complexity index is 940. The van der Waals surface area contributed by atoms with Gasteiger partial charge < -0.3 is 5.32 Å². The van der Waals surface area contributed by atoms with Crippen molar-refractivity contribution in [3.63, 3.8) is 0 Å². The molecule has 0 saturated heterocycles. The molecule has 0 unspecified atom stereocenters. The molecule has 1 aromatic heterocycles. The molecule has 1 amide bonds. The molecule has 1 N–H and O–H groups in total. The molecular formula is C17H18BrN3O4. The summed E-state index contributed by atoms with van der Waals surface area (Å²) in [6, 6.07) is 5.49. The summed E-state index contributed by atoms with van der Waals surface area (Å²) < 4.78 is 1.55. The van der Waals surface area contributed by atoms with Crippen molar-refractivity contribution in [1.82, 2.24) is 9.13 Å². The van der Waals surface area contributed by atoms with Crippen LogP contribution in [0.1, 0.15) is 50.7 Å². The summed E-state index contributed by atoms with van der Waals surface area (Å²) in [5.74, 6) is -1.84. The van der Waals surface area contributed by atoms with Gasteiger partial charge in [0, 0.05) is 24.9 Å². The Labute approximate surface area is 152 Å². The SMILES string of the molecule is CC(=O)n1c(CBr)c(C(=O)Nc2ccc(C)cc2C)n(C(C)=O)c1=O. The minimum absolute atomic E-state index is 0.0672. The lowest BCUT2D eigenvalue weighted by molar-refractivity contribution is 0.0903. The lowest BCUT2D eigenvalue weighted by atomic mass is 10.1. The molecule has 2 aromatic rings. The molecule has 0 aliphatic carbocycles. The minimum atomic E-state index is -0.847. The van der Waals surface area contributed by atoms with E-state index in [-0.39, 0.29) is 16.7 Å². The number of carbonyl (C=O) groups excluding carboxylic acids is 3. The van der Waals surface area contributed by atoms with Crippen LogP contribution in [-0.4, -0.2) is 26.9 Å². The van der Waals surface area contributed by atoms with E-state index >= 15 is 0 Å². The summed E-state index contributed by atoms with van der Waals surface area (Å²) in [6.45, 7) is 6.14. The van der Waals surface area contributed by atoms with Gasteiger partial charge in [-0.1, -0.05) is 33.6 Å². The number of nitrogens with one attached hydrogen (secondary N) is 1. The number of aryl methyl sites for hydroxylation is 2. The van der Waals surface area contributed by atoms with E-state index in [1.807, 2.05) is 26.0 Å². The average Bonchev–Trinajstić information content (AvgIpc) is 2.82. The Morgan fingerprint density at radius 3 is 2.16 bits per heavy atom. The van der Waals surface area contributed by atoms with Crippen LogP contribution in [0.15, 0.2) is 23.0 Å². The third-order valence-corrected chi connectivity index (χ3v) is 4.28. The van der Waals surface area contributed by atoms with E-state index in [0.29, 0.717) is 5.69 Å². The maximum absolute atomic E-state index is 12.8. The van der Waals surface area contributed by atoms with E-state index in [9.17, 15) is 19.2 Å². The quantitative estimate of drug-likeness (QED) is 0.791. The van der Waals surface area contributed by atoms with Crippen molar-refractivity contribution in [3.8, 4) is 0 Å². The fraction of sp³-hybridized carbons (Fsp3) is 0.294. The summed E-state index contributed by atoms with van der Waals surface area (Å²) in [5.41, 5.74) is 1.59. The largest absolute Gasteiger partial charge is 0.342 e. The van der Waals surface area contributed by atoms with Gasteiger partial charge in [-0.3, -0.25) is 14.4 Å². The normalized spacial score (nSPS) is 10.6. The molecule has 0 saturated carbocycles. The van der Waals surface area contributed by atoms with Gasteiger partial charge in [0.05, 0.1) is 5.69 Å². The Kier molecular flexibility index (Phi) is 5.42. The van der Waals surface area contributed by atoms with E-state index in [4.69, 9.17) is 0 Å². The highest BCUT2D eigenvalue weighted by Gasteiger charge is 2.28. The highest BCUT2D eigenvalue weighted by atomic mass is 79.9. The molecule has 0 aliphatic heterocycles. The second-order valence-electron chi connectivity index (χ2n) is 5.69. The van der Waals surface area contributed by atoms with Gasteiger partial charge in [-0.15, -0.1) is 0 Å². The molecule has 0 radical (unpaired) electrons. The number of hydrogen-bond donors (Lipinski definition) is 1. The number of aromatic nitrogens is 2. The molecule has 2 rings (SSSR count). The zero-order valence-corrected chi connectivity index (χ0v) is 15.9. The topological polar surface area (TPSA) is 90.2 Å². The van der Waals surface area contributed by atoms with E-state index < -0.39 is 23.4 Å². The van der Waals surface area contributed by atoms with E-state index in [0.717, 1.165) is 27.2 Å². The van der Waals surface area contributed by atoms with Crippen molar-refractivity contribution in [2.24, 2.45) is 0 Å². The van der Waals surface area contributed by atoms with Crippen LogP contribution in [-0.2, 0) is 5.33 Å². The molecule has 0 fully saturated rings. The van der Waals surface area contributed by atoms with Crippen LogP contribution >= 0.6 is 15.9 Å². The number of hydrogen-bond acceptors (Lipinski definition) is 4. The van der Waals surface area contributed by atoms with Crippen molar-refractivity contribution in [2.45, 2.75) is 33.0 Å². The Balaban J connectivity index is 2.62. The lowest BCUT2D eigenvalue weighted by Gasteiger charge is -2.11. The van der Waals surface area contributed by atoms with Crippen molar-refractivity contribution >= 4 is 39.3 Å². The predicted octanol–water partition coefficient (Wildman–Crippen LogP) is 2.73. The first-order chi connectivity index (χ1) is 11.7. The number of carbonyl (C=O) groups is 3. The third kappa shape index (κ3) is 3.48. The number of alkyl halides is 1. The van der Waals surface area contributed by atoms with Gasteiger partial charge in [-0.05, 0) is 25.5 Å². The third-order valence-electron chi connectivity index (χ3n) is 3.75. The van der Waals surface area contributed by atoms with Gasteiger partial charge in [-0.25, -0.2) is 13.9 Å². The zero-order valence-electron chi connectivity index (χ0n) is 14.3. The number of rotatable bonds is 3. The number of halogens is 1. The molecule has 25 heavy (non-hydrogen) atoms. The highest BCUT2D eigenvalue weighted by molar-refractivity contribution is 9.08. The summed E-state index contributed by atoms with van der Waals surface area (Å²) in [4.78, 5) is 48.9. The van der Waals surface area contributed by atoms with Crippen LogP contribution < -0.4 is 11.0 Å². The van der Waals surface area contributed by atoms with Gasteiger partial charge in [-0.2, -0.15) is 0 Å². The molecule has 0 aliphatic rings. The molecule has 0 bridgehead atoms. The summed E-state index contributed by atoms with van der Waals surface area (Å²) in [6.07, 6.45) is 0. The predicted molar refractivity (Wildman–Crippen MR) is 97.8 cm³/mol. The van der Waals surface area contributed by atoms with Crippen LogP contribution in [0, 0.1) is 13.8 Å². The van der Waals surface area contributed by atoms with Crippen molar-refractivity contribution in [2.75, 3.05) is 5.32 Å². The zero-order chi connectivity index (χ0) is 18.9. The molecular weight excluding hydrogens is 390 g/mol. The molecule has 1 aromatic carbocycles. The van der Waals surface area contributed by atoms with E-state index in [1.54, 1.807) is 6.07 Å². The van der Waals surface area contributed by atoms with Crippen LogP contribution in [0.2, 0.25) is 0 Å². The Hall–Kier alpha value is -2.48. The highest BCUT2D eigenvalue weighted by Crippen LogP contribution is 2.19. The Morgan fingerprint density at radius 2 is 1.68 bits per heavy atom. The average molecular weight is 408 g/mol. The molecule has 8 heteroatoms. The Morgan fingerprint density at radius 1 is 1.08 bits per heavy atom. The summed E-state index contributed by atoms with van der Waals surface area (Å²) in [7, 11) is 0. The lowest BCUT2D eigenvalue weighted by Crippen LogP contribution is -2.32. The molecule has 7 nitrogen and oxygen atoms in total. The fourth-order valence-electron chi connectivity index (χ4n) is 2.65. The second-order valence-corrected chi connectivity index (χ2v) is 6.25.